The summed E-state index contributed by atoms with van der Waals surface area (Å²) in [5.41, 5.74) is -0.547. The third-order valence-electron chi connectivity index (χ3n) is 2.64. The van der Waals surface area contributed by atoms with Gasteiger partial charge in [-0.25, -0.2) is 0 Å². The van der Waals surface area contributed by atoms with E-state index in [1.807, 2.05) is 0 Å². The Labute approximate surface area is 119 Å². The van der Waals surface area contributed by atoms with Gasteiger partial charge in [0.15, 0.2) is 11.5 Å². The summed E-state index contributed by atoms with van der Waals surface area (Å²) < 4.78 is 4.44. The quantitative estimate of drug-likeness (QED) is 0.277. The van der Waals surface area contributed by atoms with Gasteiger partial charge in [0.25, 0.3) is 0 Å². The highest BCUT2D eigenvalue weighted by molar-refractivity contribution is 6.01. The highest BCUT2D eigenvalue weighted by atomic mass is 16.6. The van der Waals surface area contributed by atoms with Crippen molar-refractivity contribution in [3.63, 3.8) is 0 Å². The molecule has 0 atom stereocenters. The Kier molecular flexibility index (Phi) is 5.01. The van der Waals surface area contributed by atoms with E-state index in [9.17, 15) is 29.9 Å². The van der Waals surface area contributed by atoms with E-state index in [1.165, 1.54) is 13.0 Å². The van der Waals surface area contributed by atoms with E-state index < -0.39 is 33.9 Å². The van der Waals surface area contributed by atoms with Crippen molar-refractivity contribution in [1.82, 2.24) is 0 Å². The van der Waals surface area contributed by atoms with E-state index in [2.05, 4.69) is 4.74 Å². The largest absolute Gasteiger partial charge is 0.504 e. The van der Waals surface area contributed by atoms with Gasteiger partial charge >= 0.3 is 11.7 Å². The highest BCUT2D eigenvalue weighted by Crippen LogP contribution is 2.36. The molecule has 0 aliphatic carbocycles. The molecule has 1 rings (SSSR count). The molecule has 0 aliphatic heterocycles. The Morgan fingerprint density at radius 2 is 2.00 bits per heavy atom. The van der Waals surface area contributed by atoms with Gasteiger partial charge < -0.3 is 14.9 Å². The van der Waals surface area contributed by atoms with Gasteiger partial charge in [-0.15, -0.1) is 0 Å². The number of nitrogens with zero attached hydrogens (tertiary/aromatic N) is 1. The smallest absolute Gasteiger partial charge is 0.315 e. The van der Waals surface area contributed by atoms with Gasteiger partial charge in [0.05, 0.1) is 18.5 Å². The second-order valence-electron chi connectivity index (χ2n) is 4.14. The molecule has 0 fully saturated rings. The number of carbonyl (C=O) groups is 2. The summed E-state index contributed by atoms with van der Waals surface area (Å²) in [5, 5.41) is 29.6. The van der Waals surface area contributed by atoms with Crippen molar-refractivity contribution in [3.05, 3.63) is 33.4 Å². The van der Waals surface area contributed by atoms with E-state index in [0.29, 0.717) is 0 Å². The zero-order chi connectivity index (χ0) is 16.2. The maximum absolute atomic E-state index is 11.4. The predicted molar refractivity (Wildman–Crippen MR) is 71.7 cm³/mol. The normalized spacial score (nSPS) is 11.0. The first-order valence-electron chi connectivity index (χ1n) is 5.75. The van der Waals surface area contributed by atoms with Gasteiger partial charge in [0.1, 0.15) is 0 Å². The van der Waals surface area contributed by atoms with Crippen molar-refractivity contribution in [2.45, 2.75) is 13.3 Å². The monoisotopic (exact) mass is 295 g/mol. The fourth-order valence-electron chi connectivity index (χ4n) is 1.55. The van der Waals surface area contributed by atoms with Gasteiger partial charge in [-0.3, -0.25) is 19.7 Å². The number of hydrogen-bond acceptors (Lipinski definition) is 7. The first-order chi connectivity index (χ1) is 9.76. The number of ether oxygens (including phenoxy) is 1. The molecule has 8 heteroatoms. The lowest BCUT2D eigenvalue weighted by Gasteiger charge is -2.05. The number of aromatic hydroxyl groups is 2. The number of nitro benzene ring substituents is 1. The van der Waals surface area contributed by atoms with Crippen molar-refractivity contribution in [2.75, 3.05) is 7.11 Å². The minimum atomic E-state index is -0.875. The molecule has 2 N–H and O–H groups in total. The molecule has 1 aromatic carbocycles. The van der Waals surface area contributed by atoms with Crippen LogP contribution in [0, 0.1) is 10.1 Å². The molecule has 0 radical (unpaired) electrons. The summed E-state index contributed by atoms with van der Waals surface area (Å²) in [6, 6.07) is 2.03. The van der Waals surface area contributed by atoms with Gasteiger partial charge in [0, 0.05) is 11.6 Å². The molecular weight excluding hydrogens is 282 g/mol. The first kappa shape index (κ1) is 16.2. The molecule has 0 saturated heterocycles. The highest BCUT2D eigenvalue weighted by Gasteiger charge is 2.19. The zero-order valence-corrected chi connectivity index (χ0v) is 11.3. The lowest BCUT2D eigenvalue weighted by molar-refractivity contribution is -0.386. The van der Waals surface area contributed by atoms with Crippen LogP contribution in [-0.2, 0) is 14.3 Å². The minimum absolute atomic E-state index is 0.0567. The van der Waals surface area contributed by atoms with Crippen LogP contribution >= 0.6 is 0 Å². The Morgan fingerprint density at radius 1 is 1.38 bits per heavy atom. The Balaban J connectivity index is 3.31. The lowest BCUT2D eigenvalue weighted by atomic mass is 10.0. The maximum atomic E-state index is 11.4. The molecule has 0 bridgehead atoms. The average Bonchev–Trinajstić information content (AvgIpc) is 2.41. The Morgan fingerprint density at radius 3 is 2.48 bits per heavy atom. The van der Waals surface area contributed by atoms with Crippen LogP contribution in [0.4, 0.5) is 5.69 Å². The third-order valence-corrected chi connectivity index (χ3v) is 2.64. The number of hydrogen-bond donors (Lipinski definition) is 2. The van der Waals surface area contributed by atoms with Crippen LogP contribution in [0.5, 0.6) is 11.5 Å². The van der Waals surface area contributed by atoms with Crippen LogP contribution in [0.3, 0.4) is 0 Å². The third kappa shape index (κ3) is 4.03. The van der Waals surface area contributed by atoms with Crippen molar-refractivity contribution in [1.29, 1.82) is 0 Å². The Hall–Kier alpha value is -2.90. The second-order valence-corrected chi connectivity index (χ2v) is 4.14. The summed E-state index contributed by atoms with van der Waals surface area (Å²) in [5.74, 6) is -2.63. The number of phenolic OH excluding ortho intramolecular Hbond substituents is 2. The van der Waals surface area contributed by atoms with E-state index in [4.69, 9.17) is 0 Å². The molecule has 0 unspecified atom stereocenters. The summed E-state index contributed by atoms with van der Waals surface area (Å²) >= 11 is 0. The average molecular weight is 295 g/mol. The van der Waals surface area contributed by atoms with E-state index in [1.54, 1.807) is 0 Å². The molecule has 1 aromatic rings. The number of methoxy groups -OCH3 is 1. The number of Topliss-reactive ketones (excluding diaryl/α,β-unsaturated/α-hetero) is 1. The van der Waals surface area contributed by atoms with Crippen LogP contribution in [0.25, 0.3) is 6.08 Å². The van der Waals surface area contributed by atoms with E-state index in [0.717, 1.165) is 19.2 Å². The van der Waals surface area contributed by atoms with Crippen molar-refractivity contribution in [3.8, 4) is 11.5 Å². The summed E-state index contributed by atoms with van der Waals surface area (Å²) in [7, 11) is 1.16. The van der Waals surface area contributed by atoms with Crippen molar-refractivity contribution >= 4 is 23.5 Å². The topological polar surface area (TPSA) is 127 Å². The number of rotatable bonds is 5. The number of nitro groups is 1. The van der Waals surface area contributed by atoms with Crippen LogP contribution in [0.1, 0.15) is 18.9 Å². The summed E-state index contributed by atoms with van der Waals surface area (Å²) in [4.78, 5) is 32.5. The molecule has 8 nitrogen and oxygen atoms in total. The number of phenols is 2. The number of benzene rings is 1. The molecule has 0 aliphatic rings. The van der Waals surface area contributed by atoms with Crippen LogP contribution < -0.4 is 0 Å². The molecule has 0 amide bonds. The lowest BCUT2D eigenvalue weighted by Crippen LogP contribution is -2.06. The van der Waals surface area contributed by atoms with Crippen molar-refractivity contribution < 1.29 is 29.5 Å². The summed E-state index contributed by atoms with van der Waals surface area (Å²) in [6.07, 6.45) is 0.909. The standard InChI is InChI=1S/C13H13NO7/c1-7(15)9(6-12(17)21-2)3-8-4-10(14(19)20)13(18)11(16)5-8/h3-5,16,18H,6H2,1-2H3. The van der Waals surface area contributed by atoms with Gasteiger partial charge in [-0.05, 0) is 24.6 Å². The van der Waals surface area contributed by atoms with Gasteiger partial charge in [-0.1, -0.05) is 0 Å². The number of carbonyl (C=O) groups excluding carboxylic acids is 2. The van der Waals surface area contributed by atoms with Crippen LogP contribution in [0.2, 0.25) is 0 Å². The maximum Gasteiger partial charge on any atom is 0.315 e. The molecular formula is C13H13NO7. The fourth-order valence-corrected chi connectivity index (χ4v) is 1.55. The molecule has 0 aromatic heterocycles. The van der Waals surface area contributed by atoms with Gasteiger partial charge in [0.2, 0.25) is 5.75 Å². The van der Waals surface area contributed by atoms with E-state index in [-0.39, 0.29) is 17.6 Å². The predicted octanol–water partition coefficient (Wildman–Crippen LogP) is 1.54. The van der Waals surface area contributed by atoms with Gasteiger partial charge in [-0.2, -0.15) is 0 Å². The molecule has 21 heavy (non-hydrogen) atoms. The minimum Gasteiger partial charge on any atom is -0.504 e. The Bertz CT molecular complexity index is 634. The SMILES string of the molecule is COC(=O)CC(=Cc1cc(O)c(O)c([N+](=O)[O-])c1)C(C)=O. The fraction of sp³-hybridized carbons (Fsp3) is 0.231. The second kappa shape index (κ2) is 6.51. The number of esters is 1. The van der Waals surface area contributed by atoms with Crippen LogP contribution in [0.15, 0.2) is 17.7 Å². The molecule has 0 heterocycles. The molecule has 0 saturated carbocycles. The first-order valence-corrected chi connectivity index (χ1v) is 5.75. The zero-order valence-electron chi connectivity index (χ0n) is 11.3. The number of ketones is 1. The molecule has 0 spiro atoms. The van der Waals surface area contributed by atoms with Crippen molar-refractivity contribution in [2.24, 2.45) is 0 Å². The summed E-state index contributed by atoms with van der Waals surface area (Å²) in [6.45, 7) is 1.23. The van der Waals surface area contributed by atoms with Crippen LogP contribution in [-0.4, -0.2) is 34.0 Å². The van der Waals surface area contributed by atoms with E-state index >= 15 is 0 Å². The molecule has 112 valence electrons.